The van der Waals surface area contributed by atoms with Crippen LogP contribution in [0.5, 0.6) is 0 Å². The standard InChI is InChI=1S/2C16H13.2CH3.Hf.H2Si/c2*1-12-10-14-8-5-9-15(16(14)11-12)13-6-3-2-4-7-13;;;;/h2*2-11H,1H3;2*1H3;;1H2. The zero-order valence-corrected chi connectivity index (χ0v) is 26.8. The molecule has 4 aromatic carbocycles. The number of allylic oxidation sites excluding steroid dienone is 2. The van der Waals surface area contributed by atoms with Gasteiger partial charge in [0.05, 0.1) is 0 Å². The van der Waals surface area contributed by atoms with Crippen molar-refractivity contribution in [2.75, 3.05) is 0 Å². The van der Waals surface area contributed by atoms with E-state index in [1.807, 2.05) is 0 Å². The summed E-state index contributed by atoms with van der Waals surface area (Å²) in [5.41, 5.74) is 14.5. The summed E-state index contributed by atoms with van der Waals surface area (Å²) < 4.78 is 6.57. The minimum atomic E-state index is -3.62. The van der Waals surface area contributed by atoms with E-state index < -0.39 is 17.1 Å². The van der Waals surface area contributed by atoms with Gasteiger partial charge in [0.15, 0.2) is 0 Å². The first kappa shape index (κ1) is 23.8. The van der Waals surface area contributed by atoms with Gasteiger partial charge in [0.2, 0.25) is 0 Å². The molecule has 0 saturated heterocycles. The van der Waals surface area contributed by atoms with Crippen LogP contribution >= 0.6 is 0 Å². The van der Waals surface area contributed by atoms with Gasteiger partial charge in [-0.15, -0.1) is 0 Å². The molecular formula is C34H34HfSi. The summed E-state index contributed by atoms with van der Waals surface area (Å²) in [5.74, 6) is 0. The van der Waals surface area contributed by atoms with Gasteiger partial charge in [-0.05, 0) is 0 Å². The fourth-order valence-corrected chi connectivity index (χ4v) is 38.1. The Kier molecular flexibility index (Phi) is 5.62. The third kappa shape index (κ3) is 3.64. The molecule has 6 rings (SSSR count). The topological polar surface area (TPSA) is 0 Å². The second kappa shape index (κ2) is 8.50. The third-order valence-corrected chi connectivity index (χ3v) is 34.4. The van der Waals surface area contributed by atoms with E-state index in [9.17, 15) is 0 Å². The number of hydrogen-bond donors (Lipinski definition) is 0. The van der Waals surface area contributed by atoms with E-state index in [-0.39, 0.29) is 0 Å². The van der Waals surface area contributed by atoms with E-state index in [1.54, 1.807) is 22.3 Å². The van der Waals surface area contributed by atoms with Gasteiger partial charge in [-0.25, -0.2) is 0 Å². The van der Waals surface area contributed by atoms with Crippen LogP contribution in [0, 0.1) is 0 Å². The summed E-state index contributed by atoms with van der Waals surface area (Å²) in [6.07, 6.45) is 5.02. The molecule has 0 amide bonds. The first-order chi connectivity index (χ1) is 17.2. The van der Waals surface area contributed by atoms with Gasteiger partial charge in [0, 0.05) is 0 Å². The zero-order chi connectivity index (χ0) is 25.1. The second-order valence-electron chi connectivity index (χ2n) is 11.9. The van der Waals surface area contributed by atoms with Crippen LogP contribution in [0.25, 0.3) is 34.4 Å². The van der Waals surface area contributed by atoms with Gasteiger partial charge in [0.1, 0.15) is 0 Å². The summed E-state index contributed by atoms with van der Waals surface area (Å²) in [5, 5.41) is 0. The first-order valence-corrected chi connectivity index (χ1v) is 32.7. The van der Waals surface area contributed by atoms with Crippen molar-refractivity contribution in [2.24, 2.45) is 0 Å². The zero-order valence-electron chi connectivity index (χ0n) is 21.8. The Morgan fingerprint density at radius 1 is 0.528 bits per heavy atom. The molecule has 0 fully saturated rings. The van der Waals surface area contributed by atoms with Crippen molar-refractivity contribution < 1.29 is 17.1 Å². The van der Waals surface area contributed by atoms with E-state index in [1.165, 1.54) is 33.4 Å². The molecule has 0 aromatic heterocycles. The van der Waals surface area contributed by atoms with Crippen LogP contribution in [0.1, 0.15) is 43.5 Å². The van der Waals surface area contributed by atoms with Crippen LogP contribution in [-0.4, -0.2) is 6.94 Å². The Bertz CT molecular complexity index is 1500. The van der Waals surface area contributed by atoms with E-state index in [2.05, 4.69) is 139 Å². The van der Waals surface area contributed by atoms with E-state index in [4.69, 9.17) is 0 Å². The number of benzene rings is 4. The summed E-state index contributed by atoms with van der Waals surface area (Å²) in [4.78, 5) is 0. The molecule has 0 nitrogen and oxygen atoms in total. The molecule has 0 saturated carbocycles. The minimum absolute atomic E-state index is 0.554. The van der Waals surface area contributed by atoms with E-state index in [0.717, 1.165) is 0 Å². The Morgan fingerprint density at radius 2 is 0.917 bits per heavy atom. The van der Waals surface area contributed by atoms with Crippen LogP contribution < -0.4 is 0 Å². The Labute approximate surface area is 218 Å². The predicted molar refractivity (Wildman–Crippen MR) is 157 cm³/mol. The maximum atomic E-state index is 2.73. The van der Waals surface area contributed by atoms with Gasteiger partial charge in [-0.3, -0.25) is 0 Å². The molecule has 0 aliphatic heterocycles. The van der Waals surface area contributed by atoms with Gasteiger partial charge < -0.3 is 0 Å². The van der Waals surface area contributed by atoms with Gasteiger partial charge in [0.25, 0.3) is 0 Å². The van der Waals surface area contributed by atoms with Crippen LogP contribution in [0.3, 0.4) is 0 Å². The van der Waals surface area contributed by atoms with Gasteiger partial charge in [-0.2, -0.15) is 0 Å². The SMILES string of the molecule is CC1=Cc2c(-c3ccccc3)cccc2[CH]1[Hf]([CH3])([CH3])(=[SiH2])[CH]1C(C)=Cc2c(-c3ccccc3)cccc21. The van der Waals surface area contributed by atoms with Gasteiger partial charge in [-0.1, -0.05) is 0 Å². The summed E-state index contributed by atoms with van der Waals surface area (Å²) in [6, 6.07) is 35.8. The average Bonchev–Trinajstić information content (AvgIpc) is 3.41. The molecular weight excluding hydrogens is 615 g/mol. The number of fused-ring (bicyclic) bond motifs is 2. The van der Waals surface area contributed by atoms with Crippen LogP contribution in [0.4, 0.5) is 0 Å². The van der Waals surface area contributed by atoms with Crippen molar-refractivity contribution >= 4 is 19.1 Å². The molecule has 0 N–H and O–H groups in total. The monoisotopic (exact) mass is 650 g/mol. The number of rotatable bonds is 4. The summed E-state index contributed by atoms with van der Waals surface area (Å²) >= 11 is -3.62. The molecule has 36 heavy (non-hydrogen) atoms. The molecule has 2 atom stereocenters. The number of hydrogen-bond acceptors (Lipinski definition) is 0. The van der Waals surface area contributed by atoms with Gasteiger partial charge >= 0.3 is 219 Å². The van der Waals surface area contributed by atoms with Crippen LogP contribution in [0.15, 0.2) is 108 Å². The first-order valence-electron chi connectivity index (χ1n) is 13.0. The Morgan fingerprint density at radius 3 is 1.31 bits per heavy atom. The van der Waals surface area contributed by atoms with Crippen molar-refractivity contribution in [2.45, 2.75) is 30.6 Å². The normalized spacial score (nSPS) is 18.9. The molecule has 2 aliphatic carbocycles. The molecule has 178 valence electrons. The predicted octanol–water partition coefficient (Wildman–Crippen LogP) is 8.97. The van der Waals surface area contributed by atoms with Crippen LogP contribution in [-0.2, 0) is 17.1 Å². The second-order valence-corrected chi connectivity index (χ2v) is 55.4. The Balaban J connectivity index is 1.51. The van der Waals surface area contributed by atoms with Crippen molar-refractivity contribution in [3.63, 3.8) is 0 Å². The Hall–Kier alpha value is -2.55. The fraction of sp³-hybridized carbons (Fsp3) is 0.176. The maximum absolute atomic E-state index is 3.62. The van der Waals surface area contributed by atoms with Crippen molar-refractivity contribution in [3.05, 3.63) is 130 Å². The molecule has 0 radical (unpaired) electrons. The van der Waals surface area contributed by atoms with E-state index >= 15 is 0 Å². The van der Waals surface area contributed by atoms with Crippen molar-refractivity contribution in [3.8, 4) is 22.3 Å². The van der Waals surface area contributed by atoms with Crippen molar-refractivity contribution in [1.29, 1.82) is 0 Å². The summed E-state index contributed by atoms with van der Waals surface area (Å²) in [6.45, 7) is 7.22. The molecule has 2 heteroatoms. The third-order valence-electron chi connectivity index (χ3n) is 8.62. The fourth-order valence-electron chi connectivity index (χ4n) is 7.53. The molecule has 0 bridgehead atoms. The molecule has 2 unspecified atom stereocenters. The van der Waals surface area contributed by atoms with Crippen LogP contribution in [0.2, 0.25) is 9.36 Å². The molecule has 0 heterocycles. The summed E-state index contributed by atoms with van der Waals surface area (Å²) in [7, 11) is 0. The molecule has 0 spiro atoms. The average molecular weight is 649 g/mol. The molecule has 4 aromatic rings. The quantitative estimate of drug-likeness (QED) is 0.194. The van der Waals surface area contributed by atoms with Crippen molar-refractivity contribution in [1.82, 2.24) is 0 Å². The van der Waals surface area contributed by atoms with E-state index in [0.29, 0.717) is 7.35 Å². The molecule has 2 aliphatic rings.